The predicted octanol–water partition coefficient (Wildman–Crippen LogP) is 1.19. The van der Waals surface area contributed by atoms with Gasteiger partial charge in [-0.15, -0.1) is 0 Å². The van der Waals surface area contributed by atoms with Crippen LogP contribution in [0, 0.1) is 5.41 Å². The fraction of sp³-hybridized carbons (Fsp3) is 0.857. The molecule has 0 aromatic rings. The van der Waals surface area contributed by atoms with Crippen molar-refractivity contribution in [2.24, 2.45) is 5.41 Å². The van der Waals surface area contributed by atoms with Gasteiger partial charge in [-0.2, -0.15) is 0 Å². The maximum atomic E-state index is 12.1. The van der Waals surface area contributed by atoms with Crippen LogP contribution >= 0.6 is 0 Å². The molecule has 2 rings (SSSR count). The minimum atomic E-state index is -1.06. The van der Waals surface area contributed by atoms with Crippen LogP contribution in [0.3, 0.4) is 0 Å². The van der Waals surface area contributed by atoms with Gasteiger partial charge in [-0.1, -0.05) is 26.2 Å². The number of urea groups is 1. The molecule has 0 radical (unpaired) electrons. The summed E-state index contributed by atoms with van der Waals surface area (Å²) in [5.74, 6) is -1.06. The van der Waals surface area contributed by atoms with E-state index >= 15 is 0 Å². The zero-order valence-electron chi connectivity index (χ0n) is 12.0. The van der Waals surface area contributed by atoms with Gasteiger partial charge in [0.05, 0.1) is 6.10 Å². The summed E-state index contributed by atoms with van der Waals surface area (Å²) < 4.78 is 0. The first kappa shape index (κ1) is 15.1. The van der Waals surface area contributed by atoms with Gasteiger partial charge in [0.1, 0.15) is 6.04 Å². The van der Waals surface area contributed by atoms with Gasteiger partial charge >= 0.3 is 12.0 Å². The Bertz CT molecular complexity index is 379. The minimum absolute atomic E-state index is 0.0967. The molecule has 0 spiro atoms. The number of carbonyl (C=O) groups excluding carboxylic acids is 1. The van der Waals surface area contributed by atoms with Crippen LogP contribution in [-0.2, 0) is 4.79 Å². The first-order chi connectivity index (χ1) is 9.41. The molecule has 114 valence electrons. The maximum Gasteiger partial charge on any atom is 0.326 e. The van der Waals surface area contributed by atoms with Crippen LogP contribution in [-0.4, -0.2) is 52.3 Å². The average molecular weight is 284 g/mol. The van der Waals surface area contributed by atoms with Crippen molar-refractivity contribution in [3.05, 3.63) is 0 Å². The third-order valence-corrected chi connectivity index (χ3v) is 4.55. The van der Waals surface area contributed by atoms with Crippen molar-refractivity contribution in [2.45, 2.75) is 57.6 Å². The number of amides is 2. The first-order valence-electron chi connectivity index (χ1n) is 7.37. The Morgan fingerprint density at radius 2 is 1.95 bits per heavy atom. The van der Waals surface area contributed by atoms with Gasteiger partial charge in [0.25, 0.3) is 0 Å². The van der Waals surface area contributed by atoms with Crippen molar-refractivity contribution in [3.8, 4) is 0 Å². The Morgan fingerprint density at radius 1 is 1.30 bits per heavy atom. The van der Waals surface area contributed by atoms with Gasteiger partial charge in [-0.25, -0.2) is 9.59 Å². The summed E-state index contributed by atoms with van der Waals surface area (Å²) in [5.41, 5.74) is 0.116. The molecule has 2 unspecified atom stereocenters. The van der Waals surface area contributed by atoms with Crippen LogP contribution in [0.15, 0.2) is 0 Å². The fourth-order valence-electron chi connectivity index (χ4n) is 3.25. The zero-order valence-corrected chi connectivity index (χ0v) is 12.0. The lowest BCUT2D eigenvalue weighted by molar-refractivity contribution is -0.141. The lowest BCUT2D eigenvalue weighted by Crippen LogP contribution is -2.48. The highest BCUT2D eigenvalue weighted by atomic mass is 16.4. The van der Waals surface area contributed by atoms with Crippen LogP contribution in [0.5, 0.6) is 0 Å². The number of hydrogen-bond donors (Lipinski definition) is 3. The van der Waals surface area contributed by atoms with Crippen molar-refractivity contribution in [2.75, 3.05) is 13.1 Å². The van der Waals surface area contributed by atoms with Crippen molar-refractivity contribution in [1.29, 1.82) is 0 Å². The van der Waals surface area contributed by atoms with E-state index in [1.165, 1.54) is 24.2 Å². The molecule has 3 N–H and O–H groups in total. The van der Waals surface area contributed by atoms with Crippen molar-refractivity contribution in [1.82, 2.24) is 10.2 Å². The number of rotatable bonds is 3. The van der Waals surface area contributed by atoms with Crippen LogP contribution in [0.4, 0.5) is 4.79 Å². The molecule has 2 fully saturated rings. The van der Waals surface area contributed by atoms with E-state index in [0.717, 1.165) is 12.8 Å². The number of hydrogen-bond acceptors (Lipinski definition) is 3. The van der Waals surface area contributed by atoms with Crippen LogP contribution in [0.25, 0.3) is 0 Å². The molecular formula is C14H24N2O4. The molecule has 0 aromatic heterocycles. The second kappa shape index (κ2) is 5.99. The standard InChI is InChI=1S/C14H24N2O4/c1-14(5-3-2-4-6-14)9-15-13(20)16-8-10(17)7-11(16)12(18)19/h10-11,17H,2-9H2,1H3,(H,15,20)(H,18,19). The number of carbonyl (C=O) groups is 2. The van der Waals surface area contributed by atoms with E-state index in [0.29, 0.717) is 6.54 Å². The normalized spacial score (nSPS) is 29.2. The number of carboxylic acids is 1. The molecule has 1 heterocycles. The Kier molecular flexibility index (Phi) is 4.52. The summed E-state index contributed by atoms with van der Waals surface area (Å²) in [4.78, 5) is 24.5. The van der Waals surface area contributed by atoms with Crippen molar-refractivity contribution >= 4 is 12.0 Å². The number of carboxylic acid groups (broad SMARTS) is 1. The number of nitrogens with zero attached hydrogens (tertiary/aromatic N) is 1. The first-order valence-corrected chi connectivity index (χ1v) is 7.37. The number of aliphatic carboxylic acids is 1. The van der Waals surface area contributed by atoms with E-state index in [1.807, 2.05) is 0 Å². The molecular weight excluding hydrogens is 260 g/mol. The highest BCUT2D eigenvalue weighted by Gasteiger charge is 2.39. The van der Waals surface area contributed by atoms with Crippen LogP contribution in [0.2, 0.25) is 0 Å². The summed E-state index contributed by atoms with van der Waals surface area (Å²) in [6, 6.07) is -1.29. The number of aliphatic hydroxyl groups excluding tert-OH is 1. The molecule has 20 heavy (non-hydrogen) atoms. The third kappa shape index (κ3) is 3.42. The molecule has 6 heteroatoms. The highest BCUT2D eigenvalue weighted by Crippen LogP contribution is 2.35. The topological polar surface area (TPSA) is 89.9 Å². The van der Waals surface area contributed by atoms with Crippen LogP contribution < -0.4 is 5.32 Å². The Balaban J connectivity index is 1.89. The SMILES string of the molecule is CC1(CNC(=O)N2CC(O)CC2C(=O)O)CCCCC1. The molecule has 1 aliphatic carbocycles. The zero-order chi connectivity index (χ0) is 14.8. The second-order valence-corrected chi connectivity index (χ2v) is 6.43. The largest absolute Gasteiger partial charge is 0.480 e. The second-order valence-electron chi connectivity index (χ2n) is 6.43. The Labute approximate surface area is 119 Å². The molecule has 6 nitrogen and oxygen atoms in total. The van der Waals surface area contributed by atoms with Gasteiger partial charge in [0.15, 0.2) is 0 Å². The monoisotopic (exact) mass is 284 g/mol. The molecule has 2 amide bonds. The molecule has 2 atom stereocenters. The smallest absolute Gasteiger partial charge is 0.326 e. The minimum Gasteiger partial charge on any atom is -0.480 e. The Morgan fingerprint density at radius 3 is 2.55 bits per heavy atom. The molecule has 1 aliphatic heterocycles. The van der Waals surface area contributed by atoms with Gasteiger partial charge in [-0.05, 0) is 18.3 Å². The molecule has 0 bridgehead atoms. The molecule has 0 aromatic carbocycles. The van der Waals surface area contributed by atoms with Crippen molar-refractivity contribution in [3.63, 3.8) is 0 Å². The number of β-amino-alcohol motifs (C(OH)–C–C–N with tert-alkyl or cyclic N) is 1. The van der Waals surface area contributed by atoms with E-state index < -0.39 is 18.1 Å². The highest BCUT2D eigenvalue weighted by molar-refractivity contribution is 5.83. The van der Waals surface area contributed by atoms with Gasteiger partial charge in [-0.3, -0.25) is 0 Å². The fourth-order valence-corrected chi connectivity index (χ4v) is 3.25. The quantitative estimate of drug-likeness (QED) is 0.726. The van der Waals surface area contributed by atoms with E-state index in [9.17, 15) is 14.7 Å². The summed E-state index contributed by atoms with van der Waals surface area (Å²) in [6.07, 6.45) is 5.19. The number of likely N-dealkylation sites (tertiary alicyclic amines) is 1. The number of aliphatic hydroxyl groups is 1. The van der Waals surface area contributed by atoms with Gasteiger partial charge in [0, 0.05) is 19.5 Å². The average Bonchev–Trinajstić information content (AvgIpc) is 2.79. The lowest BCUT2D eigenvalue weighted by Gasteiger charge is -2.34. The van der Waals surface area contributed by atoms with E-state index in [1.54, 1.807) is 0 Å². The van der Waals surface area contributed by atoms with Gasteiger partial charge in [0.2, 0.25) is 0 Å². The maximum absolute atomic E-state index is 12.1. The predicted molar refractivity (Wildman–Crippen MR) is 73.3 cm³/mol. The summed E-state index contributed by atoms with van der Waals surface area (Å²) in [5, 5.41) is 21.5. The Hall–Kier alpha value is -1.30. The van der Waals surface area contributed by atoms with Gasteiger partial charge < -0.3 is 20.4 Å². The number of nitrogens with one attached hydrogen (secondary N) is 1. The lowest BCUT2D eigenvalue weighted by atomic mass is 9.76. The molecule has 2 aliphatic rings. The summed E-state index contributed by atoms with van der Waals surface area (Å²) in [7, 11) is 0. The third-order valence-electron chi connectivity index (χ3n) is 4.55. The van der Waals surface area contributed by atoms with Crippen LogP contribution in [0.1, 0.15) is 45.4 Å². The molecule has 1 saturated carbocycles. The molecule has 1 saturated heterocycles. The summed E-state index contributed by atoms with van der Waals surface area (Å²) >= 11 is 0. The van der Waals surface area contributed by atoms with E-state index in [2.05, 4.69) is 12.2 Å². The van der Waals surface area contributed by atoms with E-state index in [-0.39, 0.29) is 24.4 Å². The van der Waals surface area contributed by atoms with Crippen molar-refractivity contribution < 1.29 is 19.8 Å². The summed E-state index contributed by atoms with van der Waals surface area (Å²) in [6.45, 7) is 2.84. The van der Waals surface area contributed by atoms with E-state index in [4.69, 9.17) is 5.11 Å².